The second-order valence-electron chi connectivity index (χ2n) is 5.83. The van der Waals surface area contributed by atoms with Gasteiger partial charge in [-0.1, -0.05) is 38.5 Å². The van der Waals surface area contributed by atoms with Crippen molar-refractivity contribution >= 4 is 10.0 Å². The Hall–Kier alpha value is -0.910. The van der Waals surface area contributed by atoms with Gasteiger partial charge >= 0.3 is 0 Å². The van der Waals surface area contributed by atoms with Crippen molar-refractivity contribution in [2.24, 2.45) is 11.8 Å². The fourth-order valence-electron chi connectivity index (χ4n) is 2.02. The van der Waals surface area contributed by atoms with Crippen LogP contribution in [0.15, 0.2) is 29.2 Å². The van der Waals surface area contributed by atoms with Crippen LogP contribution in [0.4, 0.5) is 0 Å². The summed E-state index contributed by atoms with van der Waals surface area (Å²) in [6.45, 7) is 7.81. The molecule has 1 aromatic carbocycles. The zero-order valence-corrected chi connectivity index (χ0v) is 13.4. The molecule has 0 aliphatic heterocycles. The number of hydrogen-bond donors (Lipinski definition) is 2. The topological polar surface area (TPSA) is 66.4 Å². The number of nitrogens with one attached hydrogen (secondary N) is 1. The lowest BCUT2D eigenvalue weighted by molar-refractivity contribution is 0.200. The molecular formula is C15H25NO3S. The Balaban J connectivity index is 2.93. The van der Waals surface area contributed by atoms with Gasteiger partial charge in [-0.3, -0.25) is 0 Å². The molecule has 0 saturated heterocycles. The van der Waals surface area contributed by atoms with E-state index in [2.05, 4.69) is 4.72 Å². The zero-order valence-electron chi connectivity index (χ0n) is 12.6. The van der Waals surface area contributed by atoms with Crippen molar-refractivity contribution in [1.82, 2.24) is 4.72 Å². The van der Waals surface area contributed by atoms with E-state index in [0.29, 0.717) is 12.3 Å². The molecule has 0 heterocycles. The second kappa shape index (κ2) is 7.20. The summed E-state index contributed by atoms with van der Waals surface area (Å²) < 4.78 is 27.4. The Morgan fingerprint density at radius 2 is 1.70 bits per heavy atom. The molecule has 0 bridgehead atoms. The first-order valence-electron chi connectivity index (χ1n) is 6.96. The highest BCUT2D eigenvalue weighted by Crippen LogP contribution is 2.17. The number of aliphatic hydroxyl groups is 1. The maximum Gasteiger partial charge on any atom is 0.240 e. The first-order chi connectivity index (χ1) is 9.26. The number of benzene rings is 1. The Morgan fingerprint density at radius 3 is 2.15 bits per heavy atom. The highest BCUT2D eigenvalue weighted by atomic mass is 32.2. The molecule has 20 heavy (non-hydrogen) atoms. The molecule has 1 rings (SSSR count). The van der Waals surface area contributed by atoms with E-state index in [1.54, 1.807) is 24.3 Å². The standard InChI is InChI=1S/C15H25NO3S/c1-11(2)9-15(13(4)10-17)16-20(18,19)14-7-5-12(3)6-8-14/h5-8,11,13,15-17H,9-10H2,1-4H3/t13-,15+/m1/s1. The molecule has 5 heteroatoms. The molecule has 114 valence electrons. The summed E-state index contributed by atoms with van der Waals surface area (Å²) in [4.78, 5) is 0.266. The highest BCUT2D eigenvalue weighted by molar-refractivity contribution is 7.89. The molecule has 0 radical (unpaired) electrons. The molecule has 1 aromatic rings. The van der Waals surface area contributed by atoms with Crippen LogP contribution < -0.4 is 4.72 Å². The normalized spacial score (nSPS) is 15.3. The summed E-state index contributed by atoms with van der Waals surface area (Å²) in [6, 6.07) is 6.51. The molecule has 2 atom stereocenters. The summed E-state index contributed by atoms with van der Waals surface area (Å²) in [5, 5.41) is 9.29. The number of sulfonamides is 1. The Bertz CT molecular complexity index is 508. The smallest absolute Gasteiger partial charge is 0.240 e. The van der Waals surface area contributed by atoms with Gasteiger partial charge in [-0.25, -0.2) is 13.1 Å². The van der Waals surface area contributed by atoms with Crippen LogP contribution in [0.25, 0.3) is 0 Å². The monoisotopic (exact) mass is 299 g/mol. The van der Waals surface area contributed by atoms with Gasteiger partial charge in [0.2, 0.25) is 10.0 Å². The molecule has 0 unspecified atom stereocenters. The SMILES string of the molecule is Cc1ccc(S(=O)(=O)N[C@@H](CC(C)C)[C@H](C)CO)cc1. The third kappa shape index (κ3) is 4.89. The van der Waals surface area contributed by atoms with E-state index >= 15 is 0 Å². The average molecular weight is 299 g/mol. The van der Waals surface area contributed by atoms with Crippen molar-refractivity contribution in [1.29, 1.82) is 0 Å². The minimum atomic E-state index is -3.54. The summed E-state index contributed by atoms with van der Waals surface area (Å²) >= 11 is 0. The predicted octanol–water partition coefficient (Wildman–Crippen LogP) is 2.32. The van der Waals surface area contributed by atoms with Crippen LogP contribution in [0, 0.1) is 18.8 Å². The summed E-state index contributed by atoms with van der Waals surface area (Å²) in [5.74, 6) is 0.243. The van der Waals surface area contributed by atoms with Gasteiger partial charge in [0.15, 0.2) is 0 Å². The first kappa shape index (κ1) is 17.1. The van der Waals surface area contributed by atoms with E-state index in [9.17, 15) is 13.5 Å². The lowest BCUT2D eigenvalue weighted by Gasteiger charge is -2.25. The van der Waals surface area contributed by atoms with Crippen LogP contribution >= 0.6 is 0 Å². The molecule has 0 fully saturated rings. The van der Waals surface area contributed by atoms with Crippen LogP contribution in [0.3, 0.4) is 0 Å². The largest absolute Gasteiger partial charge is 0.396 e. The van der Waals surface area contributed by atoms with Gasteiger partial charge in [0.05, 0.1) is 4.90 Å². The molecule has 2 N–H and O–H groups in total. The highest BCUT2D eigenvalue weighted by Gasteiger charge is 2.24. The third-order valence-electron chi connectivity index (χ3n) is 3.34. The zero-order chi connectivity index (χ0) is 15.3. The van der Waals surface area contributed by atoms with Crippen LogP contribution in [0.1, 0.15) is 32.8 Å². The number of aliphatic hydroxyl groups excluding tert-OH is 1. The van der Waals surface area contributed by atoms with Crippen molar-refractivity contribution in [2.75, 3.05) is 6.61 Å². The van der Waals surface area contributed by atoms with Gasteiger partial charge in [0.25, 0.3) is 0 Å². The van der Waals surface area contributed by atoms with E-state index < -0.39 is 10.0 Å². The van der Waals surface area contributed by atoms with Crippen molar-refractivity contribution in [2.45, 2.75) is 45.1 Å². The van der Waals surface area contributed by atoms with E-state index in [0.717, 1.165) is 5.56 Å². The van der Waals surface area contributed by atoms with Crippen molar-refractivity contribution < 1.29 is 13.5 Å². The molecule has 4 nitrogen and oxygen atoms in total. The summed E-state index contributed by atoms with van der Waals surface area (Å²) in [5.41, 5.74) is 1.02. The summed E-state index contributed by atoms with van der Waals surface area (Å²) in [6.07, 6.45) is 0.701. The average Bonchev–Trinajstić information content (AvgIpc) is 2.36. The van der Waals surface area contributed by atoms with E-state index in [-0.39, 0.29) is 23.5 Å². The quantitative estimate of drug-likeness (QED) is 0.812. The third-order valence-corrected chi connectivity index (χ3v) is 4.84. The van der Waals surface area contributed by atoms with Gasteiger partial charge in [-0.2, -0.15) is 0 Å². The molecular weight excluding hydrogens is 274 g/mol. The molecule has 0 aliphatic carbocycles. The first-order valence-corrected chi connectivity index (χ1v) is 8.44. The minimum absolute atomic E-state index is 0.0339. The van der Waals surface area contributed by atoms with Crippen LogP contribution in [0.2, 0.25) is 0 Å². The van der Waals surface area contributed by atoms with Gasteiger partial charge < -0.3 is 5.11 Å². The van der Waals surface area contributed by atoms with Gasteiger partial charge in [0, 0.05) is 12.6 Å². The Labute approximate surface area is 122 Å². The molecule has 0 amide bonds. The maximum absolute atomic E-state index is 12.4. The molecule has 0 aromatic heterocycles. The van der Waals surface area contributed by atoms with Crippen LogP contribution in [-0.4, -0.2) is 26.2 Å². The van der Waals surface area contributed by atoms with E-state index in [1.165, 1.54) is 0 Å². The van der Waals surface area contributed by atoms with E-state index in [4.69, 9.17) is 0 Å². The maximum atomic E-state index is 12.4. The minimum Gasteiger partial charge on any atom is -0.396 e. The second-order valence-corrected chi connectivity index (χ2v) is 7.54. The van der Waals surface area contributed by atoms with E-state index in [1.807, 2.05) is 27.7 Å². The van der Waals surface area contributed by atoms with Crippen LogP contribution in [0.5, 0.6) is 0 Å². The van der Waals surface area contributed by atoms with Crippen LogP contribution in [-0.2, 0) is 10.0 Å². The molecule has 0 spiro atoms. The van der Waals surface area contributed by atoms with Crippen molar-refractivity contribution in [3.05, 3.63) is 29.8 Å². The fraction of sp³-hybridized carbons (Fsp3) is 0.600. The lowest BCUT2D eigenvalue weighted by Crippen LogP contribution is -2.41. The lowest BCUT2D eigenvalue weighted by atomic mass is 9.95. The Kier molecular flexibility index (Phi) is 6.17. The predicted molar refractivity (Wildman–Crippen MR) is 81.0 cm³/mol. The van der Waals surface area contributed by atoms with Gasteiger partial charge in [-0.15, -0.1) is 0 Å². The fourth-order valence-corrected chi connectivity index (χ4v) is 3.37. The van der Waals surface area contributed by atoms with Gasteiger partial charge in [-0.05, 0) is 37.3 Å². The van der Waals surface area contributed by atoms with Crippen molar-refractivity contribution in [3.63, 3.8) is 0 Å². The number of rotatable bonds is 7. The van der Waals surface area contributed by atoms with Gasteiger partial charge in [0.1, 0.15) is 0 Å². The Morgan fingerprint density at radius 1 is 1.15 bits per heavy atom. The number of aryl methyl sites for hydroxylation is 1. The van der Waals surface area contributed by atoms with Crippen molar-refractivity contribution in [3.8, 4) is 0 Å². The number of hydrogen-bond acceptors (Lipinski definition) is 3. The molecule has 0 saturated carbocycles. The summed E-state index contributed by atoms with van der Waals surface area (Å²) in [7, 11) is -3.54. The molecule has 0 aliphatic rings.